The number of benzene rings is 3. The summed E-state index contributed by atoms with van der Waals surface area (Å²) in [6.07, 6.45) is 0.133. The van der Waals surface area contributed by atoms with E-state index in [1.54, 1.807) is 24.3 Å². The fourth-order valence-corrected chi connectivity index (χ4v) is 3.55. The van der Waals surface area contributed by atoms with Gasteiger partial charge < -0.3 is 5.32 Å². The van der Waals surface area contributed by atoms with Crippen LogP contribution in [0.1, 0.15) is 24.9 Å². The van der Waals surface area contributed by atoms with Crippen LogP contribution in [0.5, 0.6) is 0 Å². The van der Waals surface area contributed by atoms with Gasteiger partial charge in [0.15, 0.2) is 0 Å². The van der Waals surface area contributed by atoms with Crippen LogP contribution in [0.4, 0.5) is 0 Å². The summed E-state index contributed by atoms with van der Waals surface area (Å²) in [6, 6.07) is 20.9. The third-order valence-electron chi connectivity index (χ3n) is 5.12. The molecule has 146 valence electrons. The van der Waals surface area contributed by atoms with Crippen molar-refractivity contribution in [2.75, 3.05) is 0 Å². The van der Waals surface area contributed by atoms with Crippen LogP contribution in [-0.2, 0) is 11.3 Å². The van der Waals surface area contributed by atoms with Crippen LogP contribution >= 0.6 is 0 Å². The monoisotopic (exact) mass is 387 g/mol. The molecule has 29 heavy (non-hydrogen) atoms. The summed E-state index contributed by atoms with van der Waals surface area (Å²) >= 11 is 0. The summed E-state index contributed by atoms with van der Waals surface area (Å²) in [7, 11) is 0. The number of para-hydroxylation sites is 1. The topological polar surface area (TPSA) is 84.0 Å². The van der Waals surface area contributed by atoms with Crippen molar-refractivity contribution in [3.63, 3.8) is 0 Å². The van der Waals surface area contributed by atoms with E-state index in [-0.39, 0.29) is 24.9 Å². The summed E-state index contributed by atoms with van der Waals surface area (Å²) < 4.78 is 1.43. The second kappa shape index (κ2) is 7.75. The van der Waals surface area contributed by atoms with Crippen LogP contribution in [0.2, 0.25) is 0 Å². The molecule has 0 aliphatic rings. The first-order valence-electron chi connectivity index (χ1n) is 9.53. The van der Waals surface area contributed by atoms with Gasteiger partial charge in [0.05, 0.1) is 16.9 Å². The van der Waals surface area contributed by atoms with Gasteiger partial charge in [0.25, 0.3) is 5.56 Å². The molecular formula is C23H21N3O3. The lowest BCUT2D eigenvalue weighted by Crippen LogP contribution is -2.33. The standard InChI is InChI=1S/C23H21N3O3/c1-15(17-11-10-16-6-2-3-7-18(16)14-17)24-21(27)12-13-26-20-9-5-4-8-19(20)22(28)25-23(26)29/h2-11,14-15H,12-13H2,1H3,(H,24,27)(H,25,28,29). The first-order valence-corrected chi connectivity index (χ1v) is 9.53. The first-order chi connectivity index (χ1) is 14.0. The van der Waals surface area contributed by atoms with Crippen LogP contribution in [0.3, 0.4) is 0 Å². The Labute approximate surface area is 166 Å². The molecule has 0 bridgehead atoms. The highest BCUT2D eigenvalue weighted by molar-refractivity contribution is 5.83. The maximum Gasteiger partial charge on any atom is 0.328 e. The Morgan fingerprint density at radius 2 is 1.72 bits per heavy atom. The zero-order chi connectivity index (χ0) is 20.4. The van der Waals surface area contributed by atoms with Crippen molar-refractivity contribution in [3.05, 3.63) is 93.1 Å². The Bertz CT molecular complexity index is 1320. The van der Waals surface area contributed by atoms with E-state index in [9.17, 15) is 14.4 Å². The first kappa shape index (κ1) is 18.7. The molecule has 4 rings (SSSR count). The van der Waals surface area contributed by atoms with Gasteiger partial charge in [-0.15, -0.1) is 0 Å². The molecule has 0 fully saturated rings. The van der Waals surface area contributed by atoms with Gasteiger partial charge in [-0.3, -0.25) is 19.1 Å². The van der Waals surface area contributed by atoms with E-state index in [0.717, 1.165) is 16.3 Å². The van der Waals surface area contributed by atoms with Crippen molar-refractivity contribution in [1.29, 1.82) is 0 Å². The molecule has 0 saturated heterocycles. The lowest BCUT2D eigenvalue weighted by atomic mass is 10.0. The number of aromatic nitrogens is 2. The molecule has 0 spiro atoms. The van der Waals surface area contributed by atoms with Crippen LogP contribution in [0.25, 0.3) is 21.7 Å². The molecule has 6 heteroatoms. The quantitative estimate of drug-likeness (QED) is 0.552. The number of fused-ring (bicyclic) bond motifs is 2. The van der Waals surface area contributed by atoms with Gasteiger partial charge in [0, 0.05) is 13.0 Å². The van der Waals surface area contributed by atoms with Gasteiger partial charge in [-0.25, -0.2) is 4.79 Å². The van der Waals surface area contributed by atoms with Crippen molar-refractivity contribution in [3.8, 4) is 0 Å². The summed E-state index contributed by atoms with van der Waals surface area (Å²) in [5.41, 5.74) is 0.612. The number of carbonyl (C=O) groups excluding carboxylic acids is 1. The van der Waals surface area contributed by atoms with Gasteiger partial charge in [0.2, 0.25) is 5.91 Å². The highest BCUT2D eigenvalue weighted by Gasteiger charge is 2.12. The van der Waals surface area contributed by atoms with Gasteiger partial charge >= 0.3 is 5.69 Å². The van der Waals surface area contributed by atoms with E-state index < -0.39 is 11.2 Å². The molecule has 4 aromatic rings. The third kappa shape index (κ3) is 3.82. The third-order valence-corrected chi connectivity index (χ3v) is 5.12. The number of hydrogen-bond acceptors (Lipinski definition) is 3. The average Bonchev–Trinajstić information content (AvgIpc) is 2.73. The molecule has 1 amide bonds. The highest BCUT2D eigenvalue weighted by atomic mass is 16.2. The lowest BCUT2D eigenvalue weighted by molar-refractivity contribution is -0.121. The molecule has 0 aliphatic heterocycles. The zero-order valence-electron chi connectivity index (χ0n) is 16.0. The number of nitrogens with one attached hydrogen (secondary N) is 2. The smallest absolute Gasteiger partial charge is 0.328 e. The lowest BCUT2D eigenvalue weighted by Gasteiger charge is -2.16. The molecule has 3 aromatic carbocycles. The number of aromatic amines is 1. The number of hydrogen-bond donors (Lipinski definition) is 2. The van der Waals surface area contributed by atoms with Gasteiger partial charge in [-0.05, 0) is 41.5 Å². The molecule has 1 heterocycles. The fraction of sp³-hybridized carbons (Fsp3) is 0.174. The van der Waals surface area contributed by atoms with Crippen molar-refractivity contribution >= 4 is 27.6 Å². The molecular weight excluding hydrogens is 366 g/mol. The largest absolute Gasteiger partial charge is 0.350 e. The van der Waals surface area contributed by atoms with E-state index in [1.165, 1.54) is 4.57 Å². The average molecular weight is 387 g/mol. The number of carbonyl (C=O) groups is 1. The number of rotatable bonds is 5. The Morgan fingerprint density at radius 3 is 2.55 bits per heavy atom. The zero-order valence-corrected chi connectivity index (χ0v) is 16.0. The molecule has 1 aromatic heterocycles. The summed E-state index contributed by atoms with van der Waals surface area (Å²) in [5.74, 6) is -0.159. The minimum atomic E-state index is -0.510. The predicted octanol–water partition coefficient (Wildman–Crippen LogP) is 3.11. The number of aryl methyl sites for hydroxylation is 1. The Kier molecular flexibility index (Phi) is 4.99. The molecule has 2 N–H and O–H groups in total. The predicted molar refractivity (Wildman–Crippen MR) is 114 cm³/mol. The maximum atomic E-state index is 12.5. The molecule has 6 nitrogen and oxygen atoms in total. The van der Waals surface area contributed by atoms with Crippen molar-refractivity contribution in [1.82, 2.24) is 14.9 Å². The summed E-state index contributed by atoms with van der Waals surface area (Å²) in [5, 5.41) is 5.69. The molecule has 1 unspecified atom stereocenters. The van der Waals surface area contributed by atoms with Crippen LogP contribution in [0, 0.1) is 0 Å². The van der Waals surface area contributed by atoms with E-state index in [0.29, 0.717) is 10.9 Å². The van der Waals surface area contributed by atoms with Crippen LogP contribution in [-0.4, -0.2) is 15.5 Å². The van der Waals surface area contributed by atoms with E-state index >= 15 is 0 Å². The van der Waals surface area contributed by atoms with Crippen LogP contribution < -0.4 is 16.6 Å². The summed E-state index contributed by atoms with van der Waals surface area (Å²) in [6.45, 7) is 2.12. The van der Waals surface area contributed by atoms with Crippen molar-refractivity contribution in [2.24, 2.45) is 0 Å². The van der Waals surface area contributed by atoms with Gasteiger partial charge in [-0.2, -0.15) is 0 Å². The molecule has 0 saturated carbocycles. The SMILES string of the molecule is CC(NC(=O)CCn1c(=O)[nH]c(=O)c2ccccc21)c1ccc2ccccc2c1. The Hall–Kier alpha value is -3.67. The minimum absolute atomic E-state index is 0.133. The van der Waals surface area contributed by atoms with Gasteiger partial charge in [0.1, 0.15) is 0 Å². The normalized spacial score (nSPS) is 12.2. The van der Waals surface area contributed by atoms with E-state index in [4.69, 9.17) is 0 Å². The van der Waals surface area contributed by atoms with Crippen molar-refractivity contribution in [2.45, 2.75) is 25.9 Å². The molecule has 1 atom stereocenters. The summed E-state index contributed by atoms with van der Waals surface area (Å²) in [4.78, 5) is 38.9. The van der Waals surface area contributed by atoms with E-state index in [1.807, 2.05) is 37.3 Å². The number of amides is 1. The Morgan fingerprint density at radius 1 is 1.00 bits per heavy atom. The second-order valence-corrected chi connectivity index (χ2v) is 7.07. The number of nitrogens with zero attached hydrogens (tertiary/aromatic N) is 1. The Balaban J connectivity index is 1.48. The molecule has 0 aliphatic carbocycles. The molecule has 0 radical (unpaired) electrons. The minimum Gasteiger partial charge on any atom is -0.350 e. The van der Waals surface area contributed by atoms with Crippen molar-refractivity contribution < 1.29 is 4.79 Å². The van der Waals surface area contributed by atoms with E-state index in [2.05, 4.69) is 22.4 Å². The van der Waals surface area contributed by atoms with Gasteiger partial charge in [-0.1, -0.05) is 48.5 Å². The highest BCUT2D eigenvalue weighted by Crippen LogP contribution is 2.20. The fourth-order valence-electron chi connectivity index (χ4n) is 3.55. The number of H-pyrrole nitrogens is 1. The van der Waals surface area contributed by atoms with Crippen LogP contribution in [0.15, 0.2) is 76.3 Å². The second-order valence-electron chi connectivity index (χ2n) is 7.07. The maximum absolute atomic E-state index is 12.5.